The minimum absolute atomic E-state index is 0.00471. The number of amides is 3. The van der Waals surface area contributed by atoms with Gasteiger partial charge in [0.15, 0.2) is 11.0 Å². The molecule has 5 aromatic rings. The minimum Gasteiger partial charge on any atom is -0.341 e. The van der Waals surface area contributed by atoms with Gasteiger partial charge in [0, 0.05) is 29.2 Å². The largest absolute Gasteiger partial charge is 0.341 e. The van der Waals surface area contributed by atoms with E-state index in [-0.39, 0.29) is 5.75 Å². The van der Waals surface area contributed by atoms with Crippen molar-refractivity contribution < 1.29 is 9.59 Å². The van der Waals surface area contributed by atoms with Crippen LogP contribution in [0.5, 0.6) is 0 Å². The summed E-state index contributed by atoms with van der Waals surface area (Å²) in [5, 5.41) is 15.1. The van der Waals surface area contributed by atoms with Gasteiger partial charge in [-0.05, 0) is 24.3 Å². The van der Waals surface area contributed by atoms with E-state index in [2.05, 4.69) is 20.8 Å². The molecular formula is C27H22N6O2S. The molecule has 0 saturated carbocycles. The standard InChI is InChI=1S/C27H22N6O2S/c1-28-26(35)30-24(34)17-36-27-32-31-25(33(27)19-12-6-3-7-13-19)21-16-23(18-10-4-2-5-11-18)29-22-15-9-8-14-20(21)22/h2-16H,17H2,1H3,(H2,28,30,34,35). The van der Waals surface area contributed by atoms with Gasteiger partial charge in [0.2, 0.25) is 5.91 Å². The van der Waals surface area contributed by atoms with Crippen molar-refractivity contribution in [3.8, 4) is 28.3 Å². The fourth-order valence-corrected chi connectivity index (χ4v) is 4.57. The summed E-state index contributed by atoms with van der Waals surface area (Å²) in [5.74, 6) is 0.209. The summed E-state index contributed by atoms with van der Waals surface area (Å²) in [6.07, 6.45) is 0. The Labute approximate surface area is 211 Å². The van der Waals surface area contributed by atoms with E-state index in [1.54, 1.807) is 0 Å². The number of aromatic nitrogens is 4. The predicted octanol–water partition coefficient (Wildman–Crippen LogP) is 4.70. The summed E-state index contributed by atoms with van der Waals surface area (Å²) >= 11 is 1.21. The Morgan fingerprint density at radius 3 is 2.33 bits per heavy atom. The summed E-state index contributed by atoms with van der Waals surface area (Å²) in [4.78, 5) is 28.6. The van der Waals surface area contributed by atoms with E-state index in [0.717, 1.165) is 33.4 Å². The van der Waals surface area contributed by atoms with E-state index >= 15 is 0 Å². The van der Waals surface area contributed by atoms with E-state index in [0.29, 0.717) is 11.0 Å². The number of imide groups is 1. The van der Waals surface area contributed by atoms with Crippen LogP contribution in [0.2, 0.25) is 0 Å². The Bertz CT molecular complexity index is 1540. The van der Waals surface area contributed by atoms with Crippen molar-refractivity contribution in [2.75, 3.05) is 12.8 Å². The van der Waals surface area contributed by atoms with Crippen LogP contribution in [-0.4, -0.2) is 44.5 Å². The summed E-state index contributed by atoms with van der Waals surface area (Å²) in [6, 6.07) is 29.1. The number of pyridine rings is 1. The molecule has 0 spiro atoms. The van der Waals surface area contributed by atoms with Gasteiger partial charge in [-0.25, -0.2) is 9.78 Å². The second-order valence-electron chi connectivity index (χ2n) is 7.83. The lowest BCUT2D eigenvalue weighted by Crippen LogP contribution is -2.38. The van der Waals surface area contributed by atoms with Crippen LogP contribution in [0.25, 0.3) is 39.2 Å². The number of nitrogens with one attached hydrogen (secondary N) is 2. The van der Waals surface area contributed by atoms with Gasteiger partial charge in [-0.15, -0.1) is 10.2 Å². The SMILES string of the molecule is CNC(=O)NC(=O)CSc1nnc(-c2cc(-c3ccccc3)nc3ccccc23)n1-c1ccccc1. The van der Waals surface area contributed by atoms with Gasteiger partial charge in [0.25, 0.3) is 0 Å². The van der Waals surface area contributed by atoms with E-state index in [1.807, 2.05) is 95.6 Å². The van der Waals surface area contributed by atoms with Crippen LogP contribution in [0.3, 0.4) is 0 Å². The van der Waals surface area contributed by atoms with Gasteiger partial charge in [0.1, 0.15) is 0 Å². The third-order valence-electron chi connectivity index (χ3n) is 5.49. The molecule has 0 bridgehead atoms. The number of thioether (sulfide) groups is 1. The number of para-hydroxylation sites is 2. The fourth-order valence-electron chi connectivity index (χ4n) is 3.82. The first-order valence-corrected chi connectivity index (χ1v) is 12.2. The molecule has 0 atom stereocenters. The molecular weight excluding hydrogens is 472 g/mol. The van der Waals surface area contributed by atoms with Crippen molar-refractivity contribution in [2.24, 2.45) is 0 Å². The average Bonchev–Trinajstić information content (AvgIpc) is 3.36. The Hall–Kier alpha value is -4.50. The van der Waals surface area contributed by atoms with Gasteiger partial charge in [-0.3, -0.25) is 14.7 Å². The first kappa shape index (κ1) is 23.3. The second kappa shape index (κ2) is 10.4. The Morgan fingerprint density at radius 2 is 1.58 bits per heavy atom. The van der Waals surface area contributed by atoms with Crippen molar-refractivity contribution >= 4 is 34.6 Å². The van der Waals surface area contributed by atoms with Crippen LogP contribution in [0.4, 0.5) is 4.79 Å². The maximum Gasteiger partial charge on any atom is 0.321 e. The molecule has 0 unspecified atom stereocenters. The molecule has 0 radical (unpaired) electrons. The maximum absolute atomic E-state index is 12.2. The first-order chi connectivity index (χ1) is 17.6. The number of hydrogen-bond acceptors (Lipinski definition) is 6. The molecule has 3 aromatic carbocycles. The molecule has 2 N–H and O–H groups in total. The maximum atomic E-state index is 12.2. The minimum atomic E-state index is -0.553. The van der Waals surface area contributed by atoms with E-state index < -0.39 is 11.9 Å². The average molecular weight is 495 g/mol. The van der Waals surface area contributed by atoms with Gasteiger partial charge < -0.3 is 5.32 Å². The normalized spacial score (nSPS) is 10.8. The predicted molar refractivity (Wildman–Crippen MR) is 141 cm³/mol. The molecule has 3 amide bonds. The molecule has 0 saturated heterocycles. The second-order valence-corrected chi connectivity index (χ2v) is 8.77. The number of fused-ring (bicyclic) bond motifs is 1. The molecule has 0 fully saturated rings. The third-order valence-corrected chi connectivity index (χ3v) is 6.42. The van der Waals surface area contributed by atoms with Crippen LogP contribution >= 0.6 is 11.8 Å². The Kier molecular flexibility index (Phi) is 6.72. The van der Waals surface area contributed by atoms with Crippen molar-refractivity contribution in [2.45, 2.75) is 5.16 Å². The van der Waals surface area contributed by atoms with Gasteiger partial charge in [0.05, 0.1) is 17.0 Å². The lowest BCUT2D eigenvalue weighted by atomic mass is 10.0. The van der Waals surface area contributed by atoms with Crippen LogP contribution in [-0.2, 0) is 4.79 Å². The lowest BCUT2D eigenvalue weighted by molar-refractivity contribution is -0.117. The number of nitrogens with zero attached hydrogens (tertiary/aromatic N) is 4. The summed E-state index contributed by atoms with van der Waals surface area (Å²) in [6.45, 7) is 0. The van der Waals surface area contributed by atoms with Crippen LogP contribution in [0, 0.1) is 0 Å². The smallest absolute Gasteiger partial charge is 0.321 e. The van der Waals surface area contributed by atoms with Crippen LogP contribution in [0.15, 0.2) is 96.2 Å². The topological polar surface area (TPSA) is 102 Å². The monoisotopic (exact) mass is 494 g/mol. The van der Waals surface area contributed by atoms with Crippen LogP contribution in [0.1, 0.15) is 0 Å². The summed E-state index contributed by atoms with van der Waals surface area (Å²) in [7, 11) is 1.46. The zero-order chi connectivity index (χ0) is 24.9. The van der Waals surface area contributed by atoms with E-state index in [4.69, 9.17) is 4.98 Å². The molecule has 0 aliphatic heterocycles. The zero-order valence-corrected chi connectivity index (χ0v) is 20.2. The zero-order valence-electron chi connectivity index (χ0n) is 19.4. The molecule has 0 aliphatic carbocycles. The van der Waals surface area contributed by atoms with Gasteiger partial charge in [-0.1, -0.05) is 78.5 Å². The quantitative estimate of drug-likeness (QED) is 0.332. The summed E-state index contributed by atoms with van der Waals surface area (Å²) in [5.41, 5.74) is 4.39. The highest BCUT2D eigenvalue weighted by molar-refractivity contribution is 7.99. The van der Waals surface area contributed by atoms with Crippen LogP contribution < -0.4 is 10.6 Å². The van der Waals surface area contributed by atoms with Crippen molar-refractivity contribution in [1.82, 2.24) is 30.4 Å². The van der Waals surface area contributed by atoms with Crippen molar-refractivity contribution in [1.29, 1.82) is 0 Å². The molecule has 2 heterocycles. The van der Waals surface area contributed by atoms with E-state index in [9.17, 15) is 9.59 Å². The number of benzene rings is 3. The Balaban J connectivity index is 1.63. The Morgan fingerprint density at radius 1 is 0.889 bits per heavy atom. The number of urea groups is 1. The molecule has 178 valence electrons. The van der Waals surface area contributed by atoms with Crippen molar-refractivity contribution in [3.05, 3.63) is 91.0 Å². The van der Waals surface area contributed by atoms with Crippen molar-refractivity contribution in [3.63, 3.8) is 0 Å². The number of carbonyl (C=O) groups excluding carboxylic acids is 2. The van der Waals surface area contributed by atoms with Gasteiger partial charge >= 0.3 is 6.03 Å². The molecule has 9 heteroatoms. The third kappa shape index (κ3) is 4.82. The fraction of sp³-hybridized carbons (Fsp3) is 0.0741. The molecule has 0 aliphatic rings. The highest BCUT2D eigenvalue weighted by atomic mass is 32.2. The number of carbonyl (C=O) groups is 2. The molecule has 5 rings (SSSR count). The first-order valence-electron chi connectivity index (χ1n) is 11.2. The number of rotatable bonds is 6. The molecule has 2 aromatic heterocycles. The number of hydrogen-bond donors (Lipinski definition) is 2. The van der Waals surface area contributed by atoms with E-state index in [1.165, 1.54) is 18.8 Å². The summed E-state index contributed by atoms with van der Waals surface area (Å²) < 4.78 is 1.92. The highest BCUT2D eigenvalue weighted by Crippen LogP contribution is 2.34. The highest BCUT2D eigenvalue weighted by Gasteiger charge is 2.20. The molecule has 36 heavy (non-hydrogen) atoms. The molecule has 8 nitrogen and oxygen atoms in total. The van der Waals surface area contributed by atoms with Gasteiger partial charge in [-0.2, -0.15) is 0 Å². The lowest BCUT2D eigenvalue weighted by Gasteiger charge is -2.13.